The number of hydrogen-bond acceptors (Lipinski definition) is 5. The Morgan fingerprint density at radius 3 is 3.00 bits per heavy atom. The van der Waals surface area contributed by atoms with E-state index in [-0.39, 0.29) is 23.8 Å². The quantitative estimate of drug-likeness (QED) is 0.789. The van der Waals surface area contributed by atoms with Crippen LogP contribution in [0.1, 0.15) is 51.4 Å². The van der Waals surface area contributed by atoms with Gasteiger partial charge in [0.1, 0.15) is 16.2 Å². The number of nitrogens with zero attached hydrogens (tertiary/aromatic N) is 2. The fraction of sp³-hybridized carbons (Fsp3) is 0.421. The van der Waals surface area contributed by atoms with Crippen LogP contribution in [0.5, 0.6) is 5.75 Å². The van der Waals surface area contributed by atoms with E-state index in [1.165, 1.54) is 11.3 Å². The molecule has 0 radical (unpaired) electrons. The van der Waals surface area contributed by atoms with E-state index in [9.17, 15) is 9.59 Å². The van der Waals surface area contributed by atoms with Gasteiger partial charge in [-0.25, -0.2) is 4.98 Å². The van der Waals surface area contributed by atoms with Gasteiger partial charge in [0, 0.05) is 12.5 Å². The molecule has 2 saturated heterocycles. The molecule has 6 heteroatoms. The number of aromatic nitrogens is 1. The van der Waals surface area contributed by atoms with E-state index in [1.807, 2.05) is 36.1 Å². The Balaban J connectivity index is 1.51. The minimum Gasteiger partial charge on any atom is -0.484 e. The Kier molecular flexibility index (Phi) is 3.10. The fourth-order valence-electron chi connectivity index (χ4n) is 4.77. The van der Waals surface area contributed by atoms with E-state index in [1.54, 1.807) is 5.51 Å². The number of hydrogen-bond donors (Lipinski definition) is 0. The summed E-state index contributed by atoms with van der Waals surface area (Å²) in [6, 6.07) is 7.55. The number of benzene rings is 1. The molecular formula is C19H18N2O3S. The van der Waals surface area contributed by atoms with Crippen LogP contribution in [0.15, 0.2) is 29.8 Å². The molecule has 5 nitrogen and oxygen atoms in total. The van der Waals surface area contributed by atoms with Crippen molar-refractivity contribution in [2.45, 2.75) is 50.3 Å². The number of carbonyl (C=O) groups excluding carboxylic acids is 2. The second kappa shape index (κ2) is 5.14. The van der Waals surface area contributed by atoms with Gasteiger partial charge >= 0.3 is 0 Å². The molecule has 1 amide bonds. The van der Waals surface area contributed by atoms with Crippen molar-refractivity contribution < 1.29 is 14.3 Å². The predicted molar refractivity (Wildman–Crippen MR) is 93.2 cm³/mol. The van der Waals surface area contributed by atoms with Crippen LogP contribution in [0.2, 0.25) is 0 Å². The minimum absolute atomic E-state index is 0.0381. The van der Waals surface area contributed by atoms with Gasteiger partial charge in [0.25, 0.3) is 5.91 Å². The van der Waals surface area contributed by atoms with Crippen LogP contribution in [0.25, 0.3) is 0 Å². The van der Waals surface area contributed by atoms with Gasteiger partial charge in [-0.15, -0.1) is 11.3 Å². The number of Topliss-reactive ketones (excluding diaryl/α,β-unsaturated/α-hetero) is 1. The molecule has 3 aliphatic heterocycles. The summed E-state index contributed by atoms with van der Waals surface area (Å²) in [4.78, 5) is 32.7. The molecular weight excluding hydrogens is 336 g/mol. The number of amides is 1. The number of aryl methyl sites for hydroxylation is 1. The number of para-hydroxylation sites is 1. The molecule has 0 aliphatic carbocycles. The average molecular weight is 354 g/mol. The average Bonchev–Trinajstić information content (AvgIpc) is 3.27. The van der Waals surface area contributed by atoms with E-state index < -0.39 is 5.60 Å². The number of ether oxygens (including phenoxy) is 1. The van der Waals surface area contributed by atoms with E-state index in [0.29, 0.717) is 22.6 Å². The van der Waals surface area contributed by atoms with E-state index >= 15 is 0 Å². The molecule has 0 N–H and O–H groups in total. The van der Waals surface area contributed by atoms with Crippen molar-refractivity contribution in [3.8, 4) is 5.75 Å². The zero-order valence-electron chi connectivity index (χ0n) is 13.9. The molecule has 25 heavy (non-hydrogen) atoms. The molecule has 0 saturated carbocycles. The van der Waals surface area contributed by atoms with Gasteiger partial charge in [-0.05, 0) is 31.9 Å². The molecule has 2 bridgehead atoms. The summed E-state index contributed by atoms with van der Waals surface area (Å²) in [6.07, 6.45) is 2.97. The number of fused-ring (bicyclic) bond motifs is 4. The van der Waals surface area contributed by atoms with Gasteiger partial charge in [0.15, 0.2) is 5.78 Å². The lowest BCUT2D eigenvalue weighted by atomic mass is 9.78. The van der Waals surface area contributed by atoms with Crippen LogP contribution < -0.4 is 4.74 Å². The first-order valence-electron chi connectivity index (χ1n) is 8.63. The lowest BCUT2D eigenvalue weighted by molar-refractivity contribution is 0.0113. The molecule has 0 unspecified atom stereocenters. The first-order chi connectivity index (χ1) is 12.1. The molecule has 5 rings (SSSR count). The van der Waals surface area contributed by atoms with Crippen molar-refractivity contribution in [3.05, 3.63) is 45.9 Å². The Morgan fingerprint density at radius 2 is 2.20 bits per heavy atom. The van der Waals surface area contributed by atoms with Crippen LogP contribution in [0.3, 0.4) is 0 Å². The highest BCUT2D eigenvalue weighted by Gasteiger charge is 2.61. The second-order valence-corrected chi connectivity index (χ2v) is 8.05. The summed E-state index contributed by atoms with van der Waals surface area (Å²) in [7, 11) is 0. The second-order valence-electron chi connectivity index (χ2n) is 7.19. The highest BCUT2D eigenvalue weighted by Crippen LogP contribution is 2.51. The standard InChI is InChI=1S/C19H18N2O3S/c1-11-17(25-10-20-11)18(23)21-12-6-7-16(21)19(8-12)9-14(22)13-4-2-3-5-15(13)24-19/h2-5,10,12,16H,6-9H2,1H3/t12-,16-,19-/m0/s1. The van der Waals surface area contributed by atoms with Gasteiger partial charge in [-0.3, -0.25) is 9.59 Å². The Morgan fingerprint density at radius 1 is 1.36 bits per heavy atom. The van der Waals surface area contributed by atoms with Gasteiger partial charge in [-0.1, -0.05) is 12.1 Å². The first kappa shape index (κ1) is 15.1. The Bertz CT molecular complexity index is 892. The zero-order valence-corrected chi connectivity index (χ0v) is 14.7. The summed E-state index contributed by atoms with van der Waals surface area (Å²) >= 11 is 1.39. The molecule has 1 aromatic carbocycles. The van der Waals surface area contributed by atoms with Crippen molar-refractivity contribution in [3.63, 3.8) is 0 Å². The maximum absolute atomic E-state index is 13.1. The van der Waals surface area contributed by atoms with Gasteiger partial charge in [0.2, 0.25) is 0 Å². The number of carbonyl (C=O) groups is 2. The maximum Gasteiger partial charge on any atom is 0.266 e. The minimum atomic E-state index is -0.567. The number of thiazole rings is 1. The summed E-state index contributed by atoms with van der Waals surface area (Å²) in [5.41, 5.74) is 2.59. The van der Waals surface area contributed by atoms with Gasteiger partial charge < -0.3 is 9.64 Å². The van der Waals surface area contributed by atoms with E-state index in [0.717, 1.165) is 25.0 Å². The third kappa shape index (κ3) is 2.03. The predicted octanol–water partition coefficient (Wildman–Crippen LogP) is 3.23. The van der Waals surface area contributed by atoms with Crippen LogP contribution >= 0.6 is 11.3 Å². The highest BCUT2D eigenvalue weighted by atomic mass is 32.1. The molecule has 4 heterocycles. The van der Waals surface area contributed by atoms with Crippen LogP contribution in [0.4, 0.5) is 0 Å². The molecule has 1 spiro atoms. The smallest absolute Gasteiger partial charge is 0.266 e. The van der Waals surface area contributed by atoms with E-state index in [2.05, 4.69) is 4.98 Å². The lowest BCUT2D eigenvalue weighted by Gasteiger charge is -2.40. The van der Waals surface area contributed by atoms with Crippen LogP contribution in [-0.2, 0) is 0 Å². The molecule has 2 aromatic rings. The topological polar surface area (TPSA) is 59.5 Å². The summed E-state index contributed by atoms with van der Waals surface area (Å²) in [5.74, 6) is 0.822. The Labute approximate surface area is 149 Å². The van der Waals surface area contributed by atoms with Crippen LogP contribution in [0, 0.1) is 6.92 Å². The highest BCUT2D eigenvalue weighted by molar-refractivity contribution is 7.11. The van der Waals surface area contributed by atoms with Gasteiger partial charge in [-0.2, -0.15) is 0 Å². The maximum atomic E-state index is 13.1. The molecule has 128 valence electrons. The number of rotatable bonds is 1. The van der Waals surface area contributed by atoms with Gasteiger partial charge in [0.05, 0.1) is 29.2 Å². The normalized spacial score (nSPS) is 29.8. The molecule has 2 fully saturated rings. The third-order valence-electron chi connectivity index (χ3n) is 5.83. The largest absolute Gasteiger partial charge is 0.484 e. The zero-order chi connectivity index (χ0) is 17.2. The summed E-state index contributed by atoms with van der Waals surface area (Å²) in [5, 5.41) is 0. The summed E-state index contributed by atoms with van der Waals surface area (Å²) < 4.78 is 6.39. The monoisotopic (exact) mass is 354 g/mol. The lowest BCUT2D eigenvalue weighted by Crippen LogP contribution is -2.52. The third-order valence-corrected chi connectivity index (χ3v) is 6.74. The van der Waals surface area contributed by atoms with Crippen molar-refractivity contribution in [2.75, 3.05) is 0 Å². The molecule has 3 atom stereocenters. The molecule has 3 aliphatic rings. The van der Waals surface area contributed by atoms with Crippen LogP contribution in [-0.4, -0.2) is 39.3 Å². The van der Waals surface area contributed by atoms with E-state index in [4.69, 9.17) is 4.74 Å². The summed E-state index contributed by atoms with van der Waals surface area (Å²) in [6.45, 7) is 1.87. The molecule has 1 aromatic heterocycles. The van der Waals surface area contributed by atoms with Crippen molar-refractivity contribution in [2.24, 2.45) is 0 Å². The first-order valence-corrected chi connectivity index (χ1v) is 9.51. The van der Waals surface area contributed by atoms with Crippen molar-refractivity contribution >= 4 is 23.0 Å². The number of ketones is 1. The Hall–Kier alpha value is -2.21. The van der Waals surface area contributed by atoms with Crippen molar-refractivity contribution in [1.29, 1.82) is 0 Å². The SMILES string of the molecule is Cc1ncsc1C(=O)N1[C@H]2CC[C@H]1[C@@]1(CC(=O)c3ccccc3O1)C2. The van der Waals surface area contributed by atoms with Crippen molar-refractivity contribution in [1.82, 2.24) is 9.88 Å². The fourth-order valence-corrected chi connectivity index (χ4v) is 5.52.